The van der Waals surface area contributed by atoms with E-state index in [4.69, 9.17) is 9.47 Å². The summed E-state index contributed by atoms with van der Waals surface area (Å²) in [6.45, 7) is 9.68. The van der Waals surface area contributed by atoms with Crippen molar-refractivity contribution in [3.63, 3.8) is 0 Å². The first-order valence-electron chi connectivity index (χ1n) is 24.3. The summed E-state index contributed by atoms with van der Waals surface area (Å²) in [5, 5.41) is 0. The Morgan fingerprint density at radius 2 is 0.643 bits per heavy atom. The molecule has 0 aliphatic heterocycles. The molecule has 0 saturated heterocycles. The maximum Gasteiger partial charge on any atom is 0.338 e. The Kier molecular flexibility index (Phi) is 37.1. The maximum atomic E-state index is 12.7. The van der Waals surface area contributed by atoms with Gasteiger partial charge in [0.2, 0.25) is 0 Å². The average molecular weight is 785 g/mol. The molecule has 0 aliphatic carbocycles. The van der Waals surface area contributed by atoms with E-state index in [1.54, 1.807) is 24.3 Å². The fraction of sp³-hybridized carbons (Fsp3) is 0.840. The van der Waals surface area contributed by atoms with Crippen LogP contribution in [0, 0.1) is 0 Å². The molecule has 1 aromatic carbocycles. The molecule has 0 aromatic heterocycles. The predicted molar refractivity (Wildman–Crippen MR) is 241 cm³/mol. The van der Waals surface area contributed by atoms with Crippen LogP contribution in [0.4, 0.5) is 0 Å². The number of carbonyl (C=O) groups is 2. The van der Waals surface area contributed by atoms with Crippen LogP contribution in [-0.4, -0.2) is 75.2 Å². The minimum atomic E-state index is -0.378. The molecule has 1 rings (SSSR count). The fourth-order valence-corrected chi connectivity index (χ4v) is 7.61. The Balaban J connectivity index is 1.99. The van der Waals surface area contributed by atoms with Crippen molar-refractivity contribution < 1.29 is 19.1 Å². The Hall–Kier alpha value is -1.92. The van der Waals surface area contributed by atoms with E-state index in [0.29, 0.717) is 24.3 Å². The van der Waals surface area contributed by atoms with Gasteiger partial charge in [-0.2, -0.15) is 0 Å². The number of hydrogen-bond acceptors (Lipinski definition) is 6. The second-order valence-corrected chi connectivity index (χ2v) is 17.1. The SMILES string of the molecule is CCCCCCCCCCCCCCCCN(C)CCCCOC(=O)c1cccc(C(=O)OCCCCN(C)CCCCCCCCCCCCCCCC)c1. The number of unbranched alkanes of at least 4 members (excludes halogenated alkanes) is 28. The quantitative estimate of drug-likeness (QED) is 0.0486. The van der Waals surface area contributed by atoms with Crippen LogP contribution in [0.15, 0.2) is 24.3 Å². The molecule has 6 nitrogen and oxygen atoms in total. The van der Waals surface area contributed by atoms with Crippen LogP contribution in [0.25, 0.3) is 0 Å². The first kappa shape index (κ1) is 52.1. The molecule has 326 valence electrons. The van der Waals surface area contributed by atoms with E-state index in [1.807, 2.05) is 0 Å². The highest BCUT2D eigenvalue weighted by molar-refractivity contribution is 5.95. The van der Waals surface area contributed by atoms with Crippen LogP contribution in [0.1, 0.15) is 240 Å². The number of benzene rings is 1. The zero-order chi connectivity index (χ0) is 40.6. The van der Waals surface area contributed by atoms with Crippen LogP contribution in [0.3, 0.4) is 0 Å². The molecule has 0 bridgehead atoms. The molecule has 0 aliphatic rings. The van der Waals surface area contributed by atoms with Gasteiger partial charge in [-0.25, -0.2) is 9.59 Å². The second-order valence-electron chi connectivity index (χ2n) is 17.1. The van der Waals surface area contributed by atoms with Gasteiger partial charge in [0.1, 0.15) is 0 Å². The van der Waals surface area contributed by atoms with E-state index >= 15 is 0 Å². The minimum absolute atomic E-state index is 0.378. The van der Waals surface area contributed by atoms with E-state index < -0.39 is 0 Å². The van der Waals surface area contributed by atoms with E-state index in [1.165, 1.54) is 180 Å². The highest BCUT2D eigenvalue weighted by Crippen LogP contribution is 2.15. The summed E-state index contributed by atoms with van der Waals surface area (Å²) in [5.41, 5.74) is 0.805. The number of nitrogens with zero attached hydrogens (tertiary/aromatic N) is 2. The van der Waals surface area contributed by atoms with E-state index in [2.05, 4.69) is 37.7 Å². The molecule has 56 heavy (non-hydrogen) atoms. The summed E-state index contributed by atoms with van der Waals surface area (Å²) >= 11 is 0. The molecule has 0 radical (unpaired) electrons. The molecular weight excluding hydrogens is 693 g/mol. The number of hydrogen-bond donors (Lipinski definition) is 0. The summed E-state index contributed by atoms with van der Waals surface area (Å²) in [4.78, 5) is 30.1. The molecule has 6 heteroatoms. The highest BCUT2D eigenvalue weighted by Gasteiger charge is 2.13. The van der Waals surface area contributed by atoms with Crippen molar-refractivity contribution in [1.82, 2.24) is 9.80 Å². The molecule has 0 atom stereocenters. The first-order valence-corrected chi connectivity index (χ1v) is 24.3. The van der Waals surface area contributed by atoms with Gasteiger partial charge in [-0.3, -0.25) is 0 Å². The topological polar surface area (TPSA) is 59.1 Å². The lowest BCUT2D eigenvalue weighted by Gasteiger charge is -2.16. The van der Waals surface area contributed by atoms with Crippen molar-refractivity contribution in [3.05, 3.63) is 35.4 Å². The smallest absolute Gasteiger partial charge is 0.338 e. The molecule has 0 heterocycles. The van der Waals surface area contributed by atoms with Crippen LogP contribution < -0.4 is 0 Å². The van der Waals surface area contributed by atoms with Crippen molar-refractivity contribution in [1.29, 1.82) is 0 Å². The monoisotopic (exact) mass is 785 g/mol. The van der Waals surface area contributed by atoms with Crippen LogP contribution >= 0.6 is 0 Å². The fourth-order valence-electron chi connectivity index (χ4n) is 7.61. The van der Waals surface area contributed by atoms with Crippen LogP contribution in [-0.2, 0) is 9.47 Å². The standard InChI is InChI=1S/C50H92N2O4/c1-5-7-9-11-13-15-17-19-21-23-25-27-29-31-40-51(3)42-33-35-44-55-49(53)47-38-37-39-48(46-47)50(54)56-45-36-34-43-52(4)41-32-30-28-26-24-22-20-18-16-14-12-10-8-6-2/h37-39,46H,5-36,40-45H2,1-4H3. The Morgan fingerprint density at radius 1 is 0.393 bits per heavy atom. The third-order valence-electron chi connectivity index (χ3n) is 11.5. The minimum Gasteiger partial charge on any atom is -0.462 e. The van der Waals surface area contributed by atoms with Gasteiger partial charge in [0.25, 0.3) is 0 Å². The molecular formula is C50H92N2O4. The number of carbonyl (C=O) groups excluding carboxylic acids is 2. The van der Waals surface area contributed by atoms with Gasteiger partial charge in [0.05, 0.1) is 24.3 Å². The second kappa shape index (κ2) is 39.9. The molecule has 0 amide bonds. The Morgan fingerprint density at radius 3 is 0.929 bits per heavy atom. The third-order valence-corrected chi connectivity index (χ3v) is 11.5. The lowest BCUT2D eigenvalue weighted by molar-refractivity contribution is 0.0494. The molecule has 1 aromatic rings. The van der Waals surface area contributed by atoms with E-state index in [-0.39, 0.29) is 11.9 Å². The molecule has 0 fully saturated rings. The lowest BCUT2D eigenvalue weighted by atomic mass is 10.0. The molecule has 0 N–H and O–H groups in total. The van der Waals surface area contributed by atoms with Crippen LogP contribution in [0.2, 0.25) is 0 Å². The van der Waals surface area contributed by atoms with Crippen molar-refractivity contribution in [3.8, 4) is 0 Å². The van der Waals surface area contributed by atoms with Crippen molar-refractivity contribution in [2.24, 2.45) is 0 Å². The van der Waals surface area contributed by atoms with Crippen molar-refractivity contribution >= 4 is 11.9 Å². The largest absolute Gasteiger partial charge is 0.462 e. The van der Waals surface area contributed by atoms with Gasteiger partial charge in [0, 0.05) is 0 Å². The number of ether oxygens (including phenoxy) is 2. The van der Waals surface area contributed by atoms with Crippen molar-refractivity contribution in [2.75, 3.05) is 53.5 Å². The first-order chi connectivity index (χ1) is 27.5. The summed E-state index contributed by atoms with van der Waals surface area (Å²) in [6.07, 6.45) is 42.6. The zero-order valence-corrected chi connectivity index (χ0v) is 37.7. The van der Waals surface area contributed by atoms with Crippen LogP contribution in [0.5, 0.6) is 0 Å². The normalized spacial score (nSPS) is 11.5. The highest BCUT2D eigenvalue weighted by atomic mass is 16.5. The average Bonchev–Trinajstić information content (AvgIpc) is 3.20. The van der Waals surface area contributed by atoms with Gasteiger partial charge >= 0.3 is 11.9 Å². The van der Waals surface area contributed by atoms with Gasteiger partial charge in [-0.15, -0.1) is 0 Å². The summed E-state index contributed by atoms with van der Waals surface area (Å²) < 4.78 is 11.1. The molecule has 0 spiro atoms. The molecule has 0 unspecified atom stereocenters. The Labute approximate surface area is 348 Å². The summed E-state index contributed by atoms with van der Waals surface area (Å²) in [6, 6.07) is 6.74. The summed E-state index contributed by atoms with van der Waals surface area (Å²) in [7, 11) is 4.39. The van der Waals surface area contributed by atoms with Gasteiger partial charge in [0.15, 0.2) is 0 Å². The van der Waals surface area contributed by atoms with Gasteiger partial charge in [-0.1, -0.05) is 187 Å². The number of esters is 2. The zero-order valence-electron chi connectivity index (χ0n) is 37.7. The van der Waals surface area contributed by atoms with E-state index in [0.717, 1.165) is 51.9 Å². The van der Waals surface area contributed by atoms with Crippen molar-refractivity contribution in [2.45, 2.75) is 219 Å². The third kappa shape index (κ3) is 33.1. The Bertz CT molecular complexity index is 941. The molecule has 0 saturated carbocycles. The predicted octanol–water partition coefficient (Wildman–Crippen LogP) is 14.4. The van der Waals surface area contributed by atoms with E-state index in [9.17, 15) is 9.59 Å². The summed E-state index contributed by atoms with van der Waals surface area (Å²) in [5.74, 6) is -0.755. The number of rotatable bonds is 42. The lowest BCUT2D eigenvalue weighted by Crippen LogP contribution is -2.21. The van der Waals surface area contributed by atoms with Gasteiger partial charge < -0.3 is 19.3 Å². The van der Waals surface area contributed by atoms with Gasteiger partial charge in [-0.05, 0) is 97.0 Å². The maximum absolute atomic E-state index is 12.7.